The maximum Gasteiger partial charge on any atom is 0.261 e. The molecule has 0 unspecified atom stereocenters. The lowest BCUT2D eigenvalue weighted by molar-refractivity contribution is 0.468. The first-order valence-corrected chi connectivity index (χ1v) is 11.4. The number of nitrogens with one attached hydrogen (secondary N) is 1. The molecule has 3 N–H and O–H groups in total. The summed E-state index contributed by atoms with van der Waals surface area (Å²) in [6, 6.07) is 20.1. The Morgan fingerprint density at radius 3 is 2.33 bits per heavy atom. The van der Waals surface area contributed by atoms with Gasteiger partial charge >= 0.3 is 0 Å². The Hall–Kier alpha value is -3.03. The van der Waals surface area contributed by atoms with E-state index in [0.717, 1.165) is 16.3 Å². The number of rotatable bonds is 4. The first-order chi connectivity index (χ1) is 14.3. The number of halogens is 1. The summed E-state index contributed by atoms with van der Waals surface area (Å²) in [5.41, 5.74) is 1.95. The van der Waals surface area contributed by atoms with Crippen molar-refractivity contribution in [2.75, 3.05) is 4.72 Å². The van der Waals surface area contributed by atoms with Crippen molar-refractivity contribution in [3.8, 4) is 22.6 Å². The number of hydrogen-bond donors (Lipinski definition) is 3. The molecule has 0 aliphatic rings. The SMILES string of the molecule is Cc1ccc(S(=O)(=O)Nc2ccc(O)c(-c3c(O)c(Br)cc4ccccc34)c2)cc1. The van der Waals surface area contributed by atoms with E-state index in [0.29, 0.717) is 15.6 Å². The normalized spacial score (nSPS) is 11.5. The van der Waals surface area contributed by atoms with E-state index in [-0.39, 0.29) is 22.1 Å². The van der Waals surface area contributed by atoms with Crippen LogP contribution >= 0.6 is 15.9 Å². The summed E-state index contributed by atoms with van der Waals surface area (Å²) in [7, 11) is -3.81. The fourth-order valence-corrected chi connectivity index (χ4v) is 4.80. The largest absolute Gasteiger partial charge is 0.507 e. The van der Waals surface area contributed by atoms with Gasteiger partial charge in [0.2, 0.25) is 0 Å². The minimum Gasteiger partial charge on any atom is -0.507 e. The molecule has 0 radical (unpaired) electrons. The monoisotopic (exact) mass is 483 g/mol. The molecule has 152 valence electrons. The van der Waals surface area contributed by atoms with Gasteiger partial charge in [0, 0.05) is 16.8 Å². The highest BCUT2D eigenvalue weighted by Gasteiger charge is 2.19. The van der Waals surface area contributed by atoms with Crippen molar-refractivity contribution >= 4 is 42.4 Å². The Labute approximate surface area is 182 Å². The number of phenols is 2. The average molecular weight is 484 g/mol. The van der Waals surface area contributed by atoms with Gasteiger partial charge in [-0.05, 0) is 70.0 Å². The molecule has 7 heteroatoms. The summed E-state index contributed by atoms with van der Waals surface area (Å²) in [5.74, 6) is -0.116. The van der Waals surface area contributed by atoms with Crippen molar-refractivity contribution < 1.29 is 18.6 Å². The molecule has 30 heavy (non-hydrogen) atoms. The highest BCUT2D eigenvalue weighted by Crippen LogP contribution is 2.45. The molecule has 0 saturated heterocycles. The lowest BCUT2D eigenvalue weighted by Crippen LogP contribution is -2.12. The number of aromatic hydroxyl groups is 2. The Bertz CT molecular complexity index is 1370. The van der Waals surface area contributed by atoms with Gasteiger partial charge in [0.05, 0.1) is 9.37 Å². The molecule has 0 atom stereocenters. The predicted molar refractivity (Wildman–Crippen MR) is 122 cm³/mol. The van der Waals surface area contributed by atoms with Gasteiger partial charge in [-0.2, -0.15) is 0 Å². The maximum atomic E-state index is 12.7. The van der Waals surface area contributed by atoms with E-state index in [4.69, 9.17) is 0 Å². The van der Waals surface area contributed by atoms with E-state index >= 15 is 0 Å². The van der Waals surface area contributed by atoms with Gasteiger partial charge in [-0.3, -0.25) is 4.72 Å². The molecule has 5 nitrogen and oxygen atoms in total. The second-order valence-corrected chi connectivity index (χ2v) is 9.49. The summed E-state index contributed by atoms with van der Waals surface area (Å²) in [5, 5.41) is 22.8. The number of sulfonamides is 1. The van der Waals surface area contributed by atoms with Gasteiger partial charge in [0.25, 0.3) is 10.0 Å². The van der Waals surface area contributed by atoms with Crippen LogP contribution in [0.2, 0.25) is 0 Å². The van der Waals surface area contributed by atoms with Crippen LogP contribution in [0.1, 0.15) is 5.56 Å². The summed E-state index contributed by atoms with van der Waals surface area (Å²) >= 11 is 3.35. The van der Waals surface area contributed by atoms with Crippen LogP contribution in [0.15, 0.2) is 82.2 Å². The molecule has 0 aliphatic carbocycles. The van der Waals surface area contributed by atoms with Crippen molar-refractivity contribution in [2.24, 2.45) is 0 Å². The fourth-order valence-electron chi connectivity index (χ4n) is 3.31. The lowest BCUT2D eigenvalue weighted by Gasteiger charge is -2.15. The second-order valence-electron chi connectivity index (χ2n) is 6.95. The van der Waals surface area contributed by atoms with Crippen molar-refractivity contribution in [1.29, 1.82) is 0 Å². The number of anilines is 1. The molecule has 0 saturated carbocycles. The Kier molecular flexibility index (Phi) is 5.17. The highest BCUT2D eigenvalue weighted by atomic mass is 79.9. The number of aryl methyl sites for hydroxylation is 1. The smallest absolute Gasteiger partial charge is 0.261 e. The number of benzene rings is 4. The minimum absolute atomic E-state index is 0.0393. The third-order valence-corrected chi connectivity index (χ3v) is 6.83. The molecule has 0 heterocycles. The Balaban J connectivity index is 1.83. The van der Waals surface area contributed by atoms with Crippen LogP contribution in [0, 0.1) is 6.92 Å². The van der Waals surface area contributed by atoms with E-state index in [9.17, 15) is 18.6 Å². The second kappa shape index (κ2) is 7.66. The minimum atomic E-state index is -3.81. The molecule has 0 aliphatic heterocycles. The topological polar surface area (TPSA) is 86.6 Å². The molecular weight excluding hydrogens is 466 g/mol. The summed E-state index contributed by atoms with van der Waals surface area (Å²) < 4.78 is 28.5. The Morgan fingerprint density at radius 1 is 0.900 bits per heavy atom. The predicted octanol–water partition coefficient (Wildman–Crippen LogP) is 5.79. The molecule has 4 rings (SSSR count). The zero-order valence-corrected chi connectivity index (χ0v) is 18.3. The van der Waals surface area contributed by atoms with Crippen LogP contribution < -0.4 is 4.72 Å². The van der Waals surface area contributed by atoms with Gasteiger partial charge in [0.1, 0.15) is 11.5 Å². The van der Waals surface area contributed by atoms with Crippen LogP contribution in [0.4, 0.5) is 5.69 Å². The molecule has 0 spiro atoms. The van der Waals surface area contributed by atoms with Crippen molar-refractivity contribution in [3.63, 3.8) is 0 Å². The first kappa shape index (κ1) is 20.3. The third-order valence-electron chi connectivity index (χ3n) is 4.82. The number of fused-ring (bicyclic) bond motifs is 1. The van der Waals surface area contributed by atoms with Crippen molar-refractivity contribution in [1.82, 2.24) is 0 Å². The van der Waals surface area contributed by atoms with Crippen molar-refractivity contribution in [3.05, 3.63) is 82.8 Å². The zero-order chi connectivity index (χ0) is 21.5. The zero-order valence-electron chi connectivity index (χ0n) is 15.9. The quantitative estimate of drug-likeness (QED) is 0.320. The van der Waals surface area contributed by atoms with E-state index in [1.165, 1.54) is 30.3 Å². The van der Waals surface area contributed by atoms with E-state index < -0.39 is 10.0 Å². The van der Waals surface area contributed by atoms with Crippen LogP contribution in [0.25, 0.3) is 21.9 Å². The van der Waals surface area contributed by atoms with E-state index in [2.05, 4.69) is 20.7 Å². The van der Waals surface area contributed by atoms with Crippen LogP contribution in [0.3, 0.4) is 0 Å². The third kappa shape index (κ3) is 3.74. The average Bonchev–Trinajstić information content (AvgIpc) is 2.71. The molecule has 0 aromatic heterocycles. The highest BCUT2D eigenvalue weighted by molar-refractivity contribution is 9.10. The molecule has 0 bridgehead atoms. The molecule has 4 aromatic rings. The molecule has 0 fully saturated rings. The van der Waals surface area contributed by atoms with E-state index in [1.807, 2.05) is 31.2 Å². The van der Waals surface area contributed by atoms with Gasteiger partial charge in [-0.25, -0.2) is 8.42 Å². The lowest BCUT2D eigenvalue weighted by atomic mass is 9.96. The summed E-state index contributed by atoms with van der Waals surface area (Å²) in [6.07, 6.45) is 0. The first-order valence-electron chi connectivity index (χ1n) is 9.09. The molecular formula is C23H18BrNO4S. The van der Waals surface area contributed by atoms with Gasteiger partial charge < -0.3 is 10.2 Å². The van der Waals surface area contributed by atoms with E-state index in [1.54, 1.807) is 18.2 Å². The summed E-state index contributed by atoms with van der Waals surface area (Å²) in [6.45, 7) is 1.88. The fraction of sp³-hybridized carbons (Fsp3) is 0.0435. The maximum absolute atomic E-state index is 12.7. The van der Waals surface area contributed by atoms with Gasteiger partial charge in [-0.1, -0.05) is 42.0 Å². The van der Waals surface area contributed by atoms with Crippen LogP contribution in [-0.4, -0.2) is 18.6 Å². The molecule has 0 amide bonds. The van der Waals surface area contributed by atoms with Gasteiger partial charge in [0.15, 0.2) is 0 Å². The van der Waals surface area contributed by atoms with Crippen LogP contribution in [-0.2, 0) is 10.0 Å². The summed E-state index contributed by atoms with van der Waals surface area (Å²) in [4.78, 5) is 0.137. The van der Waals surface area contributed by atoms with Crippen molar-refractivity contribution in [2.45, 2.75) is 11.8 Å². The number of phenolic OH excluding ortho intramolecular Hbond substituents is 2. The van der Waals surface area contributed by atoms with Crippen LogP contribution in [0.5, 0.6) is 11.5 Å². The van der Waals surface area contributed by atoms with Gasteiger partial charge in [-0.15, -0.1) is 0 Å². The number of hydrogen-bond acceptors (Lipinski definition) is 4. The molecule has 4 aromatic carbocycles. The standard InChI is InChI=1S/C23H18BrNO4S/c1-14-6-9-17(10-7-14)30(28,29)25-16-8-11-21(26)19(13-16)22-18-5-3-2-4-15(18)12-20(24)23(22)27/h2-13,25-27H,1H3. The Morgan fingerprint density at radius 2 is 1.60 bits per heavy atom.